The minimum absolute atomic E-state index is 0.0885. The van der Waals surface area contributed by atoms with E-state index in [0.717, 1.165) is 19.3 Å². The molecular formula is C17H20F3N3O6. The molecule has 1 aliphatic rings. The highest BCUT2D eigenvalue weighted by Gasteiger charge is 2.32. The molecule has 0 unspecified atom stereocenters. The number of nitrogens with zero attached hydrogens (tertiary/aromatic N) is 1. The number of carboxylic acids is 1. The predicted molar refractivity (Wildman–Crippen MR) is 92.7 cm³/mol. The Labute approximate surface area is 162 Å². The van der Waals surface area contributed by atoms with Crippen LogP contribution in [0.1, 0.15) is 52.8 Å². The van der Waals surface area contributed by atoms with Gasteiger partial charge in [-0.05, 0) is 12.8 Å². The lowest BCUT2D eigenvalue weighted by Gasteiger charge is -2.23. The van der Waals surface area contributed by atoms with Gasteiger partial charge in [0.1, 0.15) is 24.4 Å². The number of hydrogen-bond donors (Lipinski definition) is 4. The van der Waals surface area contributed by atoms with Crippen molar-refractivity contribution in [3.8, 4) is 5.75 Å². The van der Waals surface area contributed by atoms with Gasteiger partial charge in [-0.15, -0.1) is 0 Å². The minimum atomic E-state index is -4.84. The van der Waals surface area contributed by atoms with E-state index >= 15 is 0 Å². The number of aromatic nitrogens is 1. The number of aromatic hydroxyl groups is 1. The molecule has 1 fully saturated rings. The summed E-state index contributed by atoms with van der Waals surface area (Å²) < 4.78 is 38.5. The summed E-state index contributed by atoms with van der Waals surface area (Å²) >= 11 is 0. The monoisotopic (exact) mass is 419 g/mol. The first-order chi connectivity index (χ1) is 13.5. The topological polar surface area (TPSA) is 138 Å². The van der Waals surface area contributed by atoms with Crippen LogP contribution in [-0.2, 0) is 11.3 Å². The van der Waals surface area contributed by atoms with Crippen molar-refractivity contribution < 1.29 is 37.8 Å². The third kappa shape index (κ3) is 5.96. The summed E-state index contributed by atoms with van der Waals surface area (Å²) in [6, 6.07) is -0.247. The summed E-state index contributed by atoms with van der Waals surface area (Å²) in [5.74, 6) is -4.92. The minimum Gasteiger partial charge on any atom is -0.506 e. The lowest BCUT2D eigenvalue weighted by Crippen LogP contribution is -2.40. The average Bonchev–Trinajstić information content (AvgIpc) is 2.62. The van der Waals surface area contributed by atoms with E-state index in [2.05, 4.69) is 5.32 Å². The molecule has 0 aromatic carbocycles. The number of pyridine rings is 1. The number of carboxylic acid groups (broad SMARTS) is 1. The van der Waals surface area contributed by atoms with E-state index < -0.39 is 59.5 Å². The Bertz CT molecular complexity index is 859. The van der Waals surface area contributed by atoms with E-state index in [0.29, 0.717) is 19.0 Å². The van der Waals surface area contributed by atoms with Crippen LogP contribution in [0.4, 0.5) is 13.2 Å². The van der Waals surface area contributed by atoms with Crippen molar-refractivity contribution in [1.29, 1.82) is 0 Å². The number of carbonyl (C=O) groups excluding carboxylic acids is 2. The van der Waals surface area contributed by atoms with Crippen molar-refractivity contribution in [2.24, 2.45) is 0 Å². The summed E-state index contributed by atoms with van der Waals surface area (Å²) in [6.07, 6.45) is -0.298. The molecule has 2 rings (SSSR count). The standard InChI is InChI=1S/C17H20F3N3O6/c18-17(19,20)8-23-7-10(14(27)22-9-4-2-1-3-5-9)13(26)12(16(23)29)15(28)21-6-11(24)25/h7,9,26H,1-6,8H2,(H,21,28)(H,22,27)(H,24,25). The van der Waals surface area contributed by atoms with Crippen LogP contribution in [0.25, 0.3) is 0 Å². The SMILES string of the molecule is O=C(O)CNC(=O)c1c(O)c(C(=O)NC2CCCCC2)cn(CC(F)(F)F)c1=O. The van der Waals surface area contributed by atoms with Gasteiger partial charge in [-0.25, -0.2) is 0 Å². The molecule has 2 amide bonds. The summed E-state index contributed by atoms with van der Waals surface area (Å²) in [7, 11) is 0. The van der Waals surface area contributed by atoms with Gasteiger partial charge in [0, 0.05) is 12.2 Å². The molecule has 0 saturated heterocycles. The van der Waals surface area contributed by atoms with Gasteiger partial charge in [-0.1, -0.05) is 19.3 Å². The maximum Gasteiger partial charge on any atom is 0.406 e. The Balaban J connectivity index is 2.45. The molecule has 1 aliphatic carbocycles. The highest BCUT2D eigenvalue weighted by Crippen LogP contribution is 2.24. The zero-order chi connectivity index (χ0) is 21.8. The van der Waals surface area contributed by atoms with Crippen LogP contribution < -0.4 is 16.2 Å². The van der Waals surface area contributed by atoms with Crippen molar-refractivity contribution in [3.05, 3.63) is 27.7 Å². The molecule has 9 nitrogen and oxygen atoms in total. The summed E-state index contributed by atoms with van der Waals surface area (Å²) in [5.41, 5.74) is -3.32. The van der Waals surface area contributed by atoms with Gasteiger partial charge in [0.15, 0.2) is 0 Å². The van der Waals surface area contributed by atoms with Gasteiger partial charge in [0.2, 0.25) is 0 Å². The molecule has 1 heterocycles. The Morgan fingerprint density at radius 1 is 1.14 bits per heavy atom. The second-order valence-corrected chi connectivity index (χ2v) is 6.70. The molecule has 4 N–H and O–H groups in total. The van der Waals surface area contributed by atoms with E-state index in [1.54, 1.807) is 5.32 Å². The van der Waals surface area contributed by atoms with Crippen LogP contribution in [0.5, 0.6) is 5.75 Å². The number of alkyl halides is 3. The van der Waals surface area contributed by atoms with E-state index in [1.165, 1.54) is 0 Å². The number of hydrogen-bond acceptors (Lipinski definition) is 5. The molecule has 1 saturated carbocycles. The lowest BCUT2D eigenvalue weighted by molar-refractivity contribution is -0.141. The highest BCUT2D eigenvalue weighted by molar-refractivity contribution is 6.04. The molecule has 0 aliphatic heterocycles. The Morgan fingerprint density at radius 3 is 2.31 bits per heavy atom. The molecule has 1 aromatic rings. The van der Waals surface area contributed by atoms with Crippen molar-refractivity contribution >= 4 is 17.8 Å². The summed E-state index contributed by atoms with van der Waals surface area (Å²) in [6.45, 7) is -2.73. The number of amides is 2. The first kappa shape index (κ1) is 22.2. The van der Waals surface area contributed by atoms with Gasteiger partial charge in [-0.3, -0.25) is 19.2 Å². The summed E-state index contributed by atoms with van der Waals surface area (Å²) in [5, 5.41) is 23.2. The first-order valence-electron chi connectivity index (χ1n) is 8.83. The van der Waals surface area contributed by atoms with Crippen LogP contribution in [0.2, 0.25) is 0 Å². The van der Waals surface area contributed by atoms with Crippen molar-refractivity contribution in [2.45, 2.75) is 50.9 Å². The number of halogens is 3. The van der Waals surface area contributed by atoms with Crippen molar-refractivity contribution in [1.82, 2.24) is 15.2 Å². The maximum absolute atomic E-state index is 12.8. The molecule has 12 heteroatoms. The van der Waals surface area contributed by atoms with E-state index in [1.807, 2.05) is 0 Å². The fourth-order valence-corrected chi connectivity index (χ4v) is 3.09. The normalized spacial score (nSPS) is 15.0. The van der Waals surface area contributed by atoms with E-state index in [9.17, 15) is 37.5 Å². The van der Waals surface area contributed by atoms with Crippen LogP contribution in [0, 0.1) is 0 Å². The maximum atomic E-state index is 12.8. The fourth-order valence-electron chi connectivity index (χ4n) is 3.09. The molecule has 0 radical (unpaired) electrons. The number of nitrogens with one attached hydrogen (secondary N) is 2. The zero-order valence-corrected chi connectivity index (χ0v) is 15.2. The van der Waals surface area contributed by atoms with Crippen molar-refractivity contribution in [3.63, 3.8) is 0 Å². The smallest absolute Gasteiger partial charge is 0.406 e. The van der Waals surface area contributed by atoms with Crippen LogP contribution in [0.3, 0.4) is 0 Å². The molecular weight excluding hydrogens is 399 g/mol. The molecule has 0 bridgehead atoms. The molecule has 1 aromatic heterocycles. The lowest BCUT2D eigenvalue weighted by atomic mass is 9.95. The Hall–Kier alpha value is -3.05. The molecule has 29 heavy (non-hydrogen) atoms. The zero-order valence-electron chi connectivity index (χ0n) is 15.2. The second kappa shape index (κ2) is 8.97. The van der Waals surface area contributed by atoms with Gasteiger partial charge < -0.3 is 25.4 Å². The summed E-state index contributed by atoms with van der Waals surface area (Å²) in [4.78, 5) is 47.5. The third-order valence-corrected chi connectivity index (χ3v) is 4.41. The Kier molecular flexibility index (Phi) is 6.88. The third-order valence-electron chi connectivity index (χ3n) is 4.41. The van der Waals surface area contributed by atoms with Gasteiger partial charge in [0.25, 0.3) is 17.4 Å². The van der Waals surface area contributed by atoms with E-state index in [-0.39, 0.29) is 10.6 Å². The second-order valence-electron chi connectivity index (χ2n) is 6.70. The van der Waals surface area contributed by atoms with Crippen LogP contribution in [0.15, 0.2) is 11.0 Å². The first-order valence-corrected chi connectivity index (χ1v) is 8.83. The molecule has 0 atom stereocenters. The largest absolute Gasteiger partial charge is 0.506 e. The quantitative estimate of drug-likeness (QED) is 0.543. The number of rotatable bonds is 6. The Morgan fingerprint density at radius 2 is 1.76 bits per heavy atom. The average molecular weight is 419 g/mol. The predicted octanol–water partition coefficient (Wildman–Crippen LogP) is 0.993. The fraction of sp³-hybridized carbons (Fsp3) is 0.529. The molecule has 160 valence electrons. The van der Waals surface area contributed by atoms with Crippen LogP contribution in [-0.4, -0.2) is 51.3 Å². The molecule has 0 spiro atoms. The number of carbonyl (C=O) groups is 3. The van der Waals surface area contributed by atoms with Gasteiger partial charge in [0.05, 0.1) is 5.56 Å². The van der Waals surface area contributed by atoms with Gasteiger partial charge in [-0.2, -0.15) is 13.2 Å². The van der Waals surface area contributed by atoms with E-state index in [4.69, 9.17) is 5.11 Å². The van der Waals surface area contributed by atoms with Crippen molar-refractivity contribution in [2.75, 3.05) is 6.54 Å². The highest BCUT2D eigenvalue weighted by atomic mass is 19.4. The number of aliphatic carboxylic acids is 1. The van der Waals surface area contributed by atoms with Gasteiger partial charge >= 0.3 is 12.1 Å². The van der Waals surface area contributed by atoms with Crippen LogP contribution >= 0.6 is 0 Å².